The van der Waals surface area contributed by atoms with E-state index in [0.29, 0.717) is 42.4 Å². The molecule has 0 spiro atoms. The van der Waals surface area contributed by atoms with Crippen molar-refractivity contribution >= 4 is 23.1 Å². The van der Waals surface area contributed by atoms with Crippen molar-refractivity contribution in [2.75, 3.05) is 45.7 Å². The summed E-state index contributed by atoms with van der Waals surface area (Å²) in [5, 5.41) is 10.8. The highest BCUT2D eigenvalue weighted by Gasteiger charge is 2.33. The van der Waals surface area contributed by atoms with Gasteiger partial charge in [-0.1, -0.05) is 0 Å². The number of morpholine rings is 1. The number of nitrogen functional groups attached to an aromatic ring is 1. The monoisotopic (exact) mass is 550 g/mol. The predicted octanol–water partition coefficient (Wildman–Crippen LogP) is 1.90. The molecule has 2 fully saturated rings. The molecule has 3 aromatic rings. The van der Waals surface area contributed by atoms with Gasteiger partial charge in [0.25, 0.3) is 5.91 Å². The van der Waals surface area contributed by atoms with Crippen LogP contribution in [0, 0.1) is 5.41 Å². The van der Waals surface area contributed by atoms with E-state index in [2.05, 4.69) is 30.6 Å². The zero-order valence-electron chi connectivity index (χ0n) is 23.4. The third kappa shape index (κ3) is 6.02. The smallest absolute Gasteiger partial charge is 0.253 e. The molecule has 12 nitrogen and oxygen atoms in total. The van der Waals surface area contributed by atoms with E-state index < -0.39 is 5.41 Å². The Bertz CT molecular complexity index is 1360. The minimum Gasteiger partial charge on any atom is -0.481 e. The number of ether oxygens (including phenoxy) is 2. The summed E-state index contributed by atoms with van der Waals surface area (Å²) in [5.74, 6) is 0.514. The van der Waals surface area contributed by atoms with E-state index in [1.165, 1.54) is 6.33 Å². The summed E-state index contributed by atoms with van der Waals surface area (Å²) in [5.41, 5.74) is 8.03. The van der Waals surface area contributed by atoms with Gasteiger partial charge in [0.2, 0.25) is 11.8 Å². The third-order valence-electron chi connectivity index (χ3n) is 7.80. The molecule has 2 aliphatic rings. The molecule has 1 saturated heterocycles. The molecule has 0 aromatic carbocycles. The summed E-state index contributed by atoms with van der Waals surface area (Å²) in [6.07, 6.45) is 6.14. The van der Waals surface area contributed by atoms with Crippen LogP contribution in [0.1, 0.15) is 49.9 Å². The number of carbonyl (C=O) groups is 2. The lowest BCUT2D eigenvalue weighted by Crippen LogP contribution is -2.51. The maximum atomic E-state index is 13.5. The molecule has 0 atom stereocenters. The maximum Gasteiger partial charge on any atom is 0.253 e. The fourth-order valence-electron chi connectivity index (χ4n) is 5.54. The van der Waals surface area contributed by atoms with Crippen LogP contribution < -0.4 is 21.1 Å². The molecule has 0 bridgehead atoms. The van der Waals surface area contributed by atoms with Gasteiger partial charge in [-0.2, -0.15) is 5.10 Å². The molecule has 5 rings (SSSR count). The first-order valence-corrected chi connectivity index (χ1v) is 13.8. The second-order valence-corrected chi connectivity index (χ2v) is 11.2. The van der Waals surface area contributed by atoms with Gasteiger partial charge in [0, 0.05) is 49.5 Å². The molecule has 40 heavy (non-hydrogen) atoms. The van der Waals surface area contributed by atoms with Crippen molar-refractivity contribution in [3.05, 3.63) is 36.3 Å². The Morgan fingerprint density at radius 1 is 1.10 bits per heavy atom. The van der Waals surface area contributed by atoms with Crippen LogP contribution in [0.2, 0.25) is 0 Å². The number of rotatable bonds is 8. The lowest BCUT2D eigenvalue weighted by atomic mass is 9.87. The van der Waals surface area contributed by atoms with Gasteiger partial charge in [-0.25, -0.2) is 14.5 Å². The SMILES string of the molecule is COc1cc(-c2cc(C(=O)NC3CCC(NC(=O)C(C)(C)CN4CCOCC4)CC3)c3c(N)ncnn23)ccn1. The number of methoxy groups -OCH3 is 1. The molecule has 0 unspecified atom stereocenters. The van der Waals surface area contributed by atoms with E-state index in [0.717, 1.165) is 44.3 Å². The number of anilines is 1. The van der Waals surface area contributed by atoms with Crippen LogP contribution in [0.3, 0.4) is 0 Å². The van der Waals surface area contributed by atoms with Gasteiger partial charge in [0.1, 0.15) is 11.8 Å². The predicted molar refractivity (Wildman–Crippen MR) is 150 cm³/mol. The lowest BCUT2D eigenvalue weighted by molar-refractivity contribution is -0.132. The Labute approximate surface area is 233 Å². The molecule has 1 saturated carbocycles. The molecule has 12 heteroatoms. The van der Waals surface area contributed by atoms with Crippen molar-refractivity contribution in [3.63, 3.8) is 0 Å². The summed E-state index contributed by atoms with van der Waals surface area (Å²) in [4.78, 5) is 37.1. The van der Waals surface area contributed by atoms with Crippen molar-refractivity contribution in [1.29, 1.82) is 0 Å². The Kier molecular flexibility index (Phi) is 8.17. The van der Waals surface area contributed by atoms with Crippen LogP contribution in [0.15, 0.2) is 30.7 Å². The molecular weight excluding hydrogens is 512 g/mol. The van der Waals surface area contributed by atoms with Crippen LogP contribution in [-0.4, -0.2) is 88.3 Å². The van der Waals surface area contributed by atoms with Crippen LogP contribution >= 0.6 is 0 Å². The van der Waals surface area contributed by atoms with Crippen molar-refractivity contribution in [2.45, 2.75) is 51.6 Å². The number of pyridine rings is 1. The molecule has 3 aromatic heterocycles. The van der Waals surface area contributed by atoms with E-state index in [9.17, 15) is 9.59 Å². The number of fused-ring (bicyclic) bond motifs is 1. The fourth-order valence-corrected chi connectivity index (χ4v) is 5.54. The molecular formula is C28H38N8O4. The second kappa shape index (κ2) is 11.8. The lowest BCUT2D eigenvalue weighted by Gasteiger charge is -2.36. The summed E-state index contributed by atoms with van der Waals surface area (Å²) in [6, 6.07) is 5.46. The van der Waals surface area contributed by atoms with E-state index in [4.69, 9.17) is 15.2 Å². The molecule has 214 valence electrons. The number of nitrogens with zero attached hydrogens (tertiary/aromatic N) is 5. The second-order valence-electron chi connectivity index (χ2n) is 11.2. The number of amides is 2. The Morgan fingerprint density at radius 2 is 1.80 bits per heavy atom. The third-order valence-corrected chi connectivity index (χ3v) is 7.80. The first-order valence-electron chi connectivity index (χ1n) is 13.8. The van der Waals surface area contributed by atoms with Crippen LogP contribution in [0.4, 0.5) is 5.82 Å². The van der Waals surface area contributed by atoms with E-state index in [1.807, 2.05) is 19.9 Å². The zero-order chi connectivity index (χ0) is 28.3. The first-order chi connectivity index (χ1) is 19.2. The number of hydrogen-bond acceptors (Lipinski definition) is 9. The number of carbonyl (C=O) groups excluding carboxylic acids is 2. The van der Waals surface area contributed by atoms with Gasteiger partial charge >= 0.3 is 0 Å². The Morgan fingerprint density at radius 3 is 2.50 bits per heavy atom. The highest BCUT2D eigenvalue weighted by molar-refractivity contribution is 6.05. The summed E-state index contributed by atoms with van der Waals surface area (Å²) in [6.45, 7) is 7.84. The summed E-state index contributed by atoms with van der Waals surface area (Å²) >= 11 is 0. The largest absolute Gasteiger partial charge is 0.481 e. The van der Waals surface area contributed by atoms with Gasteiger partial charge in [-0.3, -0.25) is 14.5 Å². The summed E-state index contributed by atoms with van der Waals surface area (Å²) < 4.78 is 12.3. The van der Waals surface area contributed by atoms with E-state index in [1.54, 1.807) is 30.0 Å². The van der Waals surface area contributed by atoms with Gasteiger partial charge in [-0.15, -0.1) is 0 Å². The number of nitrogens with two attached hydrogens (primary N) is 1. The molecule has 4 heterocycles. The number of hydrogen-bond donors (Lipinski definition) is 3. The highest BCUT2D eigenvalue weighted by atomic mass is 16.5. The van der Waals surface area contributed by atoms with Crippen LogP contribution in [-0.2, 0) is 9.53 Å². The quantitative estimate of drug-likeness (QED) is 0.382. The van der Waals surface area contributed by atoms with E-state index >= 15 is 0 Å². The van der Waals surface area contributed by atoms with Gasteiger partial charge in [0.05, 0.1) is 37.0 Å². The van der Waals surface area contributed by atoms with Gasteiger partial charge < -0.3 is 25.8 Å². The fraction of sp³-hybridized carbons (Fsp3) is 0.536. The number of aromatic nitrogens is 4. The van der Waals surface area contributed by atoms with Crippen molar-refractivity contribution < 1.29 is 19.1 Å². The van der Waals surface area contributed by atoms with Gasteiger partial charge in [0.15, 0.2) is 5.82 Å². The van der Waals surface area contributed by atoms with Crippen molar-refractivity contribution in [2.24, 2.45) is 5.41 Å². The van der Waals surface area contributed by atoms with Gasteiger partial charge in [-0.05, 0) is 51.7 Å². The molecule has 2 amide bonds. The van der Waals surface area contributed by atoms with Crippen LogP contribution in [0.25, 0.3) is 16.8 Å². The maximum absolute atomic E-state index is 13.5. The van der Waals surface area contributed by atoms with Crippen LogP contribution in [0.5, 0.6) is 5.88 Å². The molecule has 1 aliphatic carbocycles. The molecule has 0 radical (unpaired) electrons. The zero-order valence-corrected chi connectivity index (χ0v) is 23.4. The number of nitrogens with one attached hydrogen (secondary N) is 2. The Balaban J connectivity index is 1.22. The van der Waals surface area contributed by atoms with Crippen molar-refractivity contribution in [1.82, 2.24) is 35.1 Å². The molecule has 1 aliphatic heterocycles. The summed E-state index contributed by atoms with van der Waals surface area (Å²) in [7, 11) is 1.55. The standard InChI is InChI=1S/C28H38N8O4/c1-28(2,16-35-10-12-40-13-11-35)27(38)34-20-6-4-19(5-7-20)33-26(37)21-15-22(18-8-9-30-23(14-18)39-3)36-24(21)25(29)31-17-32-36/h8-9,14-15,17,19-20H,4-7,10-13,16H2,1-3H3,(H,33,37)(H,34,38)(H2,29,31,32). The first kappa shape index (κ1) is 27.8. The highest BCUT2D eigenvalue weighted by Crippen LogP contribution is 2.30. The minimum atomic E-state index is -0.489. The topological polar surface area (TPSA) is 149 Å². The van der Waals surface area contributed by atoms with E-state index in [-0.39, 0.29) is 29.7 Å². The Hall–Kier alpha value is -3.77. The average Bonchev–Trinajstić information content (AvgIpc) is 3.36. The normalized spacial score (nSPS) is 20.3. The van der Waals surface area contributed by atoms with Crippen molar-refractivity contribution in [3.8, 4) is 17.1 Å². The molecule has 4 N–H and O–H groups in total. The minimum absolute atomic E-state index is 0.00714. The average molecular weight is 551 g/mol.